The van der Waals surface area contributed by atoms with Gasteiger partial charge in [-0.15, -0.1) is 0 Å². The molecule has 0 spiro atoms. The van der Waals surface area contributed by atoms with Gasteiger partial charge in [-0.25, -0.2) is 8.42 Å². The van der Waals surface area contributed by atoms with E-state index < -0.39 is 10.0 Å². The Balaban J connectivity index is 1.26. The van der Waals surface area contributed by atoms with Gasteiger partial charge >= 0.3 is 0 Å². The van der Waals surface area contributed by atoms with Crippen LogP contribution in [0.4, 0.5) is 0 Å². The lowest BCUT2D eigenvalue weighted by atomic mass is 9.89. The third-order valence-corrected chi connectivity index (χ3v) is 10.3. The van der Waals surface area contributed by atoms with E-state index in [1.807, 2.05) is 4.90 Å². The van der Waals surface area contributed by atoms with Crippen LogP contribution in [0.25, 0.3) is 0 Å². The quantitative estimate of drug-likeness (QED) is 0.497. The SMILES string of the molecule is COc1cc(C)c(S(=O)(=O)N2CCCC2COCC(=O)N2CCN(CC3CCCCC3)CC2)c(C)c1. The van der Waals surface area contributed by atoms with E-state index in [-0.39, 0.29) is 25.2 Å². The second-order valence-electron chi connectivity index (χ2n) is 10.7. The number of aryl methyl sites for hydroxylation is 2. The highest BCUT2D eigenvalue weighted by atomic mass is 32.2. The molecule has 1 unspecified atom stereocenters. The number of amides is 1. The number of ether oxygens (including phenoxy) is 2. The first-order chi connectivity index (χ1) is 17.3. The number of piperazine rings is 1. The topological polar surface area (TPSA) is 79.4 Å². The summed E-state index contributed by atoms with van der Waals surface area (Å²) in [6, 6.07) is 3.26. The van der Waals surface area contributed by atoms with Crippen molar-refractivity contribution in [2.75, 3.05) is 59.6 Å². The lowest BCUT2D eigenvalue weighted by molar-refractivity contribution is -0.138. The highest BCUT2D eigenvalue weighted by molar-refractivity contribution is 7.89. The first-order valence-corrected chi connectivity index (χ1v) is 15.0. The summed E-state index contributed by atoms with van der Waals surface area (Å²) in [5.41, 5.74) is 1.35. The van der Waals surface area contributed by atoms with Crippen molar-refractivity contribution in [3.63, 3.8) is 0 Å². The van der Waals surface area contributed by atoms with Gasteiger partial charge in [0, 0.05) is 45.3 Å². The summed E-state index contributed by atoms with van der Waals surface area (Å²) in [6.45, 7) is 8.83. The van der Waals surface area contributed by atoms with Crippen molar-refractivity contribution in [1.29, 1.82) is 0 Å². The monoisotopic (exact) mass is 521 g/mol. The van der Waals surface area contributed by atoms with Crippen molar-refractivity contribution in [2.24, 2.45) is 5.92 Å². The van der Waals surface area contributed by atoms with Crippen LogP contribution in [0.3, 0.4) is 0 Å². The molecule has 4 rings (SSSR count). The Morgan fingerprint density at radius 2 is 1.61 bits per heavy atom. The van der Waals surface area contributed by atoms with Crippen LogP contribution in [0.1, 0.15) is 56.1 Å². The van der Waals surface area contributed by atoms with E-state index in [9.17, 15) is 13.2 Å². The maximum atomic E-state index is 13.6. The van der Waals surface area contributed by atoms with Gasteiger partial charge in [0.25, 0.3) is 0 Å². The molecule has 0 N–H and O–H groups in total. The largest absolute Gasteiger partial charge is 0.497 e. The molecule has 3 fully saturated rings. The lowest BCUT2D eigenvalue weighted by Crippen LogP contribution is -2.51. The molecule has 1 aromatic carbocycles. The molecular weight excluding hydrogens is 478 g/mol. The van der Waals surface area contributed by atoms with Gasteiger partial charge in [0.1, 0.15) is 12.4 Å². The van der Waals surface area contributed by atoms with Gasteiger partial charge in [-0.05, 0) is 68.7 Å². The standard InChI is InChI=1S/C27H43N3O5S/c1-21-16-25(34-3)17-22(2)27(21)36(32,33)30-11-7-10-24(30)19-35-20-26(31)29-14-12-28(13-15-29)18-23-8-5-4-6-9-23/h16-17,23-24H,4-15,18-20H2,1-3H3. The fourth-order valence-electron chi connectivity index (χ4n) is 6.13. The summed E-state index contributed by atoms with van der Waals surface area (Å²) in [4.78, 5) is 17.5. The van der Waals surface area contributed by atoms with Crippen LogP contribution in [-0.4, -0.2) is 94.1 Å². The van der Waals surface area contributed by atoms with Crippen molar-refractivity contribution in [2.45, 2.75) is 69.7 Å². The van der Waals surface area contributed by atoms with E-state index in [1.165, 1.54) is 32.1 Å². The van der Waals surface area contributed by atoms with Gasteiger partial charge in [0.05, 0.1) is 18.6 Å². The smallest absolute Gasteiger partial charge is 0.248 e. The second kappa shape index (κ2) is 12.2. The van der Waals surface area contributed by atoms with Crippen LogP contribution < -0.4 is 4.74 Å². The molecule has 2 heterocycles. The third kappa shape index (κ3) is 6.41. The molecule has 36 heavy (non-hydrogen) atoms. The first-order valence-electron chi connectivity index (χ1n) is 13.5. The van der Waals surface area contributed by atoms with Crippen LogP contribution in [0.5, 0.6) is 5.75 Å². The van der Waals surface area contributed by atoms with E-state index >= 15 is 0 Å². The molecule has 1 aromatic rings. The Labute approximate surface area is 217 Å². The van der Waals surface area contributed by atoms with Crippen molar-refractivity contribution in [3.8, 4) is 5.75 Å². The molecule has 3 aliphatic rings. The normalized spacial score (nSPS) is 22.8. The van der Waals surface area contributed by atoms with Gasteiger partial charge in [-0.3, -0.25) is 9.69 Å². The molecule has 0 bridgehead atoms. The fraction of sp³-hybridized carbons (Fsp3) is 0.741. The van der Waals surface area contributed by atoms with E-state index in [0.29, 0.717) is 28.3 Å². The van der Waals surface area contributed by atoms with Crippen LogP contribution in [0.2, 0.25) is 0 Å². The van der Waals surface area contributed by atoms with E-state index in [4.69, 9.17) is 9.47 Å². The predicted octanol–water partition coefficient (Wildman–Crippen LogP) is 3.21. The second-order valence-corrected chi connectivity index (χ2v) is 12.5. The molecule has 2 saturated heterocycles. The van der Waals surface area contributed by atoms with Crippen molar-refractivity contribution < 1.29 is 22.7 Å². The summed E-state index contributed by atoms with van der Waals surface area (Å²) < 4.78 is 39.8. The summed E-state index contributed by atoms with van der Waals surface area (Å²) >= 11 is 0. The number of methoxy groups -OCH3 is 1. The summed E-state index contributed by atoms with van der Waals surface area (Å²) in [5.74, 6) is 1.47. The van der Waals surface area contributed by atoms with Gasteiger partial charge < -0.3 is 14.4 Å². The molecule has 1 amide bonds. The summed E-state index contributed by atoms with van der Waals surface area (Å²) in [5, 5.41) is 0. The Hall–Kier alpha value is -1.68. The average Bonchev–Trinajstić information content (AvgIpc) is 3.34. The van der Waals surface area contributed by atoms with E-state index in [1.54, 1.807) is 37.4 Å². The number of benzene rings is 1. The molecule has 0 radical (unpaired) electrons. The number of hydrogen-bond acceptors (Lipinski definition) is 6. The van der Waals surface area contributed by atoms with E-state index in [2.05, 4.69) is 4.90 Å². The van der Waals surface area contributed by atoms with Crippen LogP contribution in [-0.2, 0) is 19.6 Å². The molecule has 202 valence electrons. The van der Waals surface area contributed by atoms with Crippen molar-refractivity contribution in [3.05, 3.63) is 23.3 Å². The minimum absolute atomic E-state index is 0.00145. The zero-order valence-corrected chi connectivity index (χ0v) is 23.0. The lowest BCUT2D eigenvalue weighted by Gasteiger charge is -2.37. The maximum absolute atomic E-state index is 13.6. The van der Waals surface area contributed by atoms with Crippen molar-refractivity contribution in [1.82, 2.24) is 14.1 Å². The Bertz CT molecular complexity index is 978. The van der Waals surface area contributed by atoms with Crippen molar-refractivity contribution >= 4 is 15.9 Å². The molecule has 1 aliphatic carbocycles. The molecule has 1 atom stereocenters. The van der Waals surface area contributed by atoms with Gasteiger partial charge in [0.15, 0.2) is 0 Å². The Morgan fingerprint density at radius 3 is 2.25 bits per heavy atom. The van der Waals surface area contributed by atoms with Gasteiger partial charge in [0.2, 0.25) is 15.9 Å². The fourth-order valence-corrected chi connectivity index (χ4v) is 8.23. The van der Waals surface area contributed by atoms with Gasteiger partial charge in [-0.1, -0.05) is 19.3 Å². The number of carbonyl (C=O) groups is 1. The predicted molar refractivity (Wildman–Crippen MR) is 140 cm³/mol. The van der Waals surface area contributed by atoms with E-state index in [0.717, 1.165) is 51.5 Å². The number of hydrogen-bond donors (Lipinski definition) is 0. The Kier molecular flexibility index (Phi) is 9.30. The zero-order valence-electron chi connectivity index (χ0n) is 22.2. The number of sulfonamides is 1. The zero-order chi connectivity index (χ0) is 25.7. The molecule has 8 nitrogen and oxygen atoms in total. The van der Waals surface area contributed by atoms with Crippen LogP contribution in [0.15, 0.2) is 17.0 Å². The molecule has 1 saturated carbocycles. The summed E-state index contributed by atoms with van der Waals surface area (Å²) in [7, 11) is -2.09. The highest BCUT2D eigenvalue weighted by Gasteiger charge is 2.37. The molecule has 0 aromatic heterocycles. The molecular formula is C27H43N3O5S. The number of nitrogens with zero attached hydrogens (tertiary/aromatic N) is 3. The number of rotatable bonds is 9. The summed E-state index contributed by atoms with van der Waals surface area (Å²) in [6.07, 6.45) is 8.32. The number of carbonyl (C=O) groups excluding carboxylic acids is 1. The van der Waals surface area contributed by atoms with Crippen LogP contribution in [0, 0.1) is 19.8 Å². The highest BCUT2D eigenvalue weighted by Crippen LogP contribution is 2.32. The van der Waals surface area contributed by atoms with Gasteiger partial charge in [-0.2, -0.15) is 4.31 Å². The molecule has 2 aliphatic heterocycles. The minimum Gasteiger partial charge on any atom is -0.497 e. The third-order valence-electron chi connectivity index (χ3n) is 8.06. The van der Waals surface area contributed by atoms with Crippen LogP contribution >= 0.6 is 0 Å². The first kappa shape index (κ1) is 27.4. The minimum atomic E-state index is -3.67. The Morgan fingerprint density at radius 1 is 0.944 bits per heavy atom. The molecule has 9 heteroatoms. The maximum Gasteiger partial charge on any atom is 0.248 e. The average molecular weight is 522 g/mol.